The van der Waals surface area contributed by atoms with E-state index in [0.29, 0.717) is 12.1 Å². The third kappa shape index (κ3) is 4.66. The number of amides is 1. The highest BCUT2D eigenvalue weighted by Gasteiger charge is 2.33. The zero-order valence-electron chi connectivity index (χ0n) is 15.7. The quantitative estimate of drug-likeness (QED) is 0.761. The van der Waals surface area contributed by atoms with Crippen molar-refractivity contribution in [3.8, 4) is 0 Å². The Balaban J connectivity index is 1.69. The Morgan fingerprint density at radius 1 is 1.19 bits per heavy atom. The molecule has 6 nitrogen and oxygen atoms in total. The molecule has 0 bridgehead atoms. The molecule has 0 radical (unpaired) electrons. The second-order valence-corrected chi connectivity index (χ2v) is 9.10. The average Bonchev–Trinajstić information content (AvgIpc) is 3.05. The first-order valence-corrected chi connectivity index (χ1v) is 10.9. The van der Waals surface area contributed by atoms with E-state index in [-0.39, 0.29) is 23.5 Å². The van der Waals surface area contributed by atoms with Gasteiger partial charge in [0.2, 0.25) is 0 Å². The zero-order valence-corrected chi connectivity index (χ0v) is 16.5. The van der Waals surface area contributed by atoms with Crippen LogP contribution in [0, 0.1) is 0 Å². The van der Waals surface area contributed by atoms with Crippen molar-refractivity contribution < 1.29 is 13.2 Å². The SMILES string of the molecule is CCN(Cc1ccccc1)c1ccc(C(=O)N(C)C2CCS(=O)(=O)C2)nc1. The van der Waals surface area contributed by atoms with E-state index in [1.807, 2.05) is 24.3 Å². The fraction of sp³-hybridized carbons (Fsp3) is 0.400. The van der Waals surface area contributed by atoms with Gasteiger partial charge in [0.25, 0.3) is 5.91 Å². The van der Waals surface area contributed by atoms with Gasteiger partial charge in [-0.25, -0.2) is 13.4 Å². The van der Waals surface area contributed by atoms with Crippen molar-refractivity contribution in [1.82, 2.24) is 9.88 Å². The highest BCUT2D eigenvalue weighted by molar-refractivity contribution is 7.91. The maximum atomic E-state index is 12.6. The molecule has 1 aromatic carbocycles. The van der Waals surface area contributed by atoms with E-state index in [1.54, 1.807) is 19.3 Å². The number of rotatable bonds is 6. The van der Waals surface area contributed by atoms with E-state index in [4.69, 9.17) is 0 Å². The number of carbonyl (C=O) groups excluding carboxylic acids is 1. The second-order valence-electron chi connectivity index (χ2n) is 6.87. The van der Waals surface area contributed by atoms with Crippen LogP contribution in [0.5, 0.6) is 0 Å². The van der Waals surface area contributed by atoms with Crippen LogP contribution < -0.4 is 4.90 Å². The van der Waals surface area contributed by atoms with Crippen molar-refractivity contribution in [1.29, 1.82) is 0 Å². The summed E-state index contributed by atoms with van der Waals surface area (Å²) < 4.78 is 23.3. The number of pyridine rings is 1. The first-order valence-electron chi connectivity index (χ1n) is 9.12. The highest BCUT2D eigenvalue weighted by atomic mass is 32.2. The number of sulfone groups is 1. The molecule has 2 aromatic rings. The van der Waals surface area contributed by atoms with E-state index in [0.717, 1.165) is 18.8 Å². The Kier molecular flexibility index (Phi) is 5.79. The van der Waals surface area contributed by atoms with Crippen LogP contribution in [0.1, 0.15) is 29.4 Å². The van der Waals surface area contributed by atoms with Crippen molar-refractivity contribution in [2.75, 3.05) is 30.0 Å². The Hall–Kier alpha value is -2.41. The molecule has 1 saturated heterocycles. The van der Waals surface area contributed by atoms with Crippen LogP contribution in [0.3, 0.4) is 0 Å². The van der Waals surface area contributed by atoms with Gasteiger partial charge < -0.3 is 9.80 Å². The molecule has 1 aliphatic heterocycles. The number of benzene rings is 1. The molecule has 1 atom stereocenters. The van der Waals surface area contributed by atoms with Gasteiger partial charge in [-0.15, -0.1) is 0 Å². The summed E-state index contributed by atoms with van der Waals surface area (Å²) in [6, 6.07) is 13.5. The fourth-order valence-electron chi connectivity index (χ4n) is 3.32. The van der Waals surface area contributed by atoms with E-state index >= 15 is 0 Å². The molecular weight excluding hydrogens is 362 g/mol. The molecule has 0 saturated carbocycles. The normalized spacial score (nSPS) is 18.2. The van der Waals surface area contributed by atoms with Crippen molar-refractivity contribution >= 4 is 21.4 Å². The summed E-state index contributed by atoms with van der Waals surface area (Å²) >= 11 is 0. The summed E-state index contributed by atoms with van der Waals surface area (Å²) in [5.41, 5.74) is 2.49. The lowest BCUT2D eigenvalue weighted by atomic mass is 10.2. The monoisotopic (exact) mass is 387 g/mol. The topological polar surface area (TPSA) is 70.6 Å². The highest BCUT2D eigenvalue weighted by Crippen LogP contribution is 2.20. The first-order chi connectivity index (χ1) is 12.9. The number of aromatic nitrogens is 1. The van der Waals surface area contributed by atoms with Gasteiger partial charge in [0.15, 0.2) is 9.84 Å². The molecule has 1 aromatic heterocycles. The van der Waals surface area contributed by atoms with Crippen molar-refractivity contribution in [3.05, 3.63) is 59.9 Å². The van der Waals surface area contributed by atoms with Crippen molar-refractivity contribution in [3.63, 3.8) is 0 Å². The predicted molar refractivity (Wildman–Crippen MR) is 107 cm³/mol. The third-order valence-electron chi connectivity index (χ3n) is 5.01. The summed E-state index contributed by atoms with van der Waals surface area (Å²) in [6.07, 6.45) is 2.20. The summed E-state index contributed by atoms with van der Waals surface area (Å²) in [4.78, 5) is 20.7. The smallest absolute Gasteiger partial charge is 0.272 e. The van der Waals surface area contributed by atoms with Gasteiger partial charge in [-0.05, 0) is 31.0 Å². The van der Waals surface area contributed by atoms with Gasteiger partial charge in [0.1, 0.15) is 5.69 Å². The van der Waals surface area contributed by atoms with E-state index in [2.05, 4.69) is 28.9 Å². The Morgan fingerprint density at radius 3 is 2.48 bits per heavy atom. The summed E-state index contributed by atoms with van der Waals surface area (Å²) in [6.45, 7) is 3.67. The van der Waals surface area contributed by atoms with Crippen LogP contribution in [0.25, 0.3) is 0 Å². The number of nitrogens with zero attached hydrogens (tertiary/aromatic N) is 3. The van der Waals surface area contributed by atoms with Crippen LogP contribution in [0.15, 0.2) is 48.7 Å². The maximum absolute atomic E-state index is 12.6. The molecule has 7 heteroatoms. The third-order valence-corrected chi connectivity index (χ3v) is 6.76. The molecule has 144 valence electrons. The number of anilines is 1. The van der Waals surface area contributed by atoms with Gasteiger partial charge in [0.05, 0.1) is 23.4 Å². The Labute approximate surface area is 160 Å². The Bertz CT molecular complexity index is 882. The molecule has 0 spiro atoms. The van der Waals surface area contributed by atoms with Crippen LogP contribution in [0.2, 0.25) is 0 Å². The molecule has 27 heavy (non-hydrogen) atoms. The van der Waals surface area contributed by atoms with E-state index in [1.165, 1.54) is 10.5 Å². The second kappa shape index (κ2) is 8.08. The van der Waals surface area contributed by atoms with Gasteiger partial charge >= 0.3 is 0 Å². The van der Waals surface area contributed by atoms with Crippen LogP contribution in [0.4, 0.5) is 5.69 Å². The zero-order chi connectivity index (χ0) is 19.4. The molecule has 1 unspecified atom stereocenters. The fourth-order valence-corrected chi connectivity index (χ4v) is 5.09. The lowest BCUT2D eigenvalue weighted by Crippen LogP contribution is -2.38. The number of hydrogen-bond acceptors (Lipinski definition) is 5. The summed E-state index contributed by atoms with van der Waals surface area (Å²) in [5, 5.41) is 0. The molecular formula is C20H25N3O3S. The minimum atomic E-state index is -3.03. The molecule has 3 rings (SSSR count). The predicted octanol–water partition coefficient (Wildman–Crippen LogP) is 2.37. The Morgan fingerprint density at radius 2 is 1.93 bits per heavy atom. The first kappa shape index (κ1) is 19.4. The van der Waals surface area contributed by atoms with Crippen LogP contribution in [-0.2, 0) is 16.4 Å². The number of hydrogen-bond donors (Lipinski definition) is 0. The molecule has 2 heterocycles. The van der Waals surface area contributed by atoms with Crippen molar-refractivity contribution in [2.45, 2.75) is 25.9 Å². The van der Waals surface area contributed by atoms with E-state index in [9.17, 15) is 13.2 Å². The average molecular weight is 388 g/mol. The molecule has 1 fully saturated rings. The minimum absolute atomic E-state index is 0.0357. The maximum Gasteiger partial charge on any atom is 0.272 e. The summed E-state index contributed by atoms with van der Waals surface area (Å²) in [5.74, 6) is -0.0598. The minimum Gasteiger partial charge on any atom is -0.366 e. The van der Waals surface area contributed by atoms with Gasteiger partial charge in [-0.2, -0.15) is 0 Å². The standard InChI is InChI=1S/C20H25N3O3S/c1-3-23(14-16-7-5-4-6-8-16)17-9-10-19(21-13-17)20(24)22(2)18-11-12-27(25,26)15-18/h4-10,13,18H,3,11-12,14-15H2,1-2H3. The van der Waals surface area contributed by atoms with Gasteiger partial charge in [-0.3, -0.25) is 4.79 Å². The largest absolute Gasteiger partial charge is 0.366 e. The molecule has 0 N–H and O–H groups in total. The van der Waals surface area contributed by atoms with Gasteiger partial charge in [-0.1, -0.05) is 30.3 Å². The lowest BCUT2D eigenvalue weighted by Gasteiger charge is -2.25. The molecule has 0 aliphatic carbocycles. The van der Waals surface area contributed by atoms with Crippen LogP contribution in [-0.4, -0.2) is 55.3 Å². The lowest BCUT2D eigenvalue weighted by molar-refractivity contribution is 0.0742. The van der Waals surface area contributed by atoms with Gasteiger partial charge in [0, 0.05) is 26.2 Å². The van der Waals surface area contributed by atoms with Crippen LogP contribution >= 0.6 is 0 Å². The summed E-state index contributed by atoms with van der Waals surface area (Å²) in [7, 11) is -1.38. The number of carbonyl (C=O) groups is 1. The van der Waals surface area contributed by atoms with E-state index < -0.39 is 9.84 Å². The molecule has 1 aliphatic rings. The van der Waals surface area contributed by atoms with Crippen molar-refractivity contribution in [2.24, 2.45) is 0 Å². The molecule has 1 amide bonds.